The van der Waals surface area contributed by atoms with E-state index in [2.05, 4.69) is 21.4 Å². The third kappa shape index (κ3) is 5.28. The van der Waals surface area contributed by atoms with Gasteiger partial charge in [0.1, 0.15) is 46.9 Å². The molecule has 0 radical (unpaired) electrons. The molecule has 5 rings (SSSR count). The van der Waals surface area contributed by atoms with Crippen LogP contribution in [0.1, 0.15) is 52.0 Å². The highest BCUT2D eigenvalue weighted by Crippen LogP contribution is 2.37. The molecule has 12 nitrogen and oxygen atoms in total. The van der Waals surface area contributed by atoms with E-state index in [4.69, 9.17) is 14.2 Å². The largest absolute Gasteiger partial charge is 0.486 e. The zero-order valence-electron chi connectivity index (χ0n) is 21.9. The van der Waals surface area contributed by atoms with Crippen LogP contribution in [0.15, 0.2) is 12.3 Å². The average Bonchev–Trinajstić information content (AvgIpc) is 3.63. The predicted molar refractivity (Wildman–Crippen MR) is 139 cm³/mol. The number of nitrogens with one attached hydrogen (secondary N) is 1. The summed E-state index contributed by atoms with van der Waals surface area (Å²) in [5.74, 6) is 0.983. The van der Waals surface area contributed by atoms with Gasteiger partial charge >= 0.3 is 6.03 Å². The van der Waals surface area contributed by atoms with E-state index >= 15 is 0 Å². The van der Waals surface area contributed by atoms with Crippen LogP contribution in [0.5, 0.6) is 5.75 Å². The molecule has 5 heterocycles. The van der Waals surface area contributed by atoms with Gasteiger partial charge in [-0.05, 0) is 37.3 Å². The van der Waals surface area contributed by atoms with Gasteiger partial charge in [-0.2, -0.15) is 5.26 Å². The molecule has 2 aromatic rings. The van der Waals surface area contributed by atoms with Crippen molar-refractivity contribution in [1.29, 1.82) is 5.26 Å². The molecular weight excluding hydrogens is 504 g/mol. The SMILES string of the molecule is COC[C@H]1Cc2c(NC(=O)N3CCCc4cc(CN(C)C(=O)[C@H]5CCCO5)c(C=O)nc43)ncc(C#N)c2O1. The number of aldehydes is 1. The number of methoxy groups -OCH3 is 1. The van der Waals surface area contributed by atoms with Crippen LogP contribution in [0.25, 0.3) is 0 Å². The first-order valence-electron chi connectivity index (χ1n) is 12.9. The van der Waals surface area contributed by atoms with Crippen LogP contribution < -0.4 is 15.0 Å². The van der Waals surface area contributed by atoms with Gasteiger partial charge in [-0.1, -0.05) is 0 Å². The lowest BCUT2D eigenvalue weighted by molar-refractivity contribution is -0.140. The Morgan fingerprint density at radius 3 is 2.95 bits per heavy atom. The molecule has 0 aliphatic carbocycles. The molecule has 39 heavy (non-hydrogen) atoms. The number of likely N-dealkylation sites (N-methyl/N-ethyl adjacent to an activating group) is 1. The topological polar surface area (TPSA) is 147 Å². The molecule has 2 aromatic heterocycles. The summed E-state index contributed by atoms with van der Waals surface area (Å²) in [6.45, 7) is 1.52. The highest BCUT2D eigenvalue weighted by Gasteiger charge is 2.32. The molecule has 0 aromatic carbocycles. The van der Waals surface area contributed by atoms with Gasteiger partial charge in [0.25, 0.3) is 5.91 Å². The van der Waals surface area contributed by atoms with E-state index in [1.807, 2.05) is 6.07 Å². The van der Waals surface area contributed by atoms with Gasteiger partial charge in [-0.3, -0.25) is 19.8 Å². The Hall–Kier alpha value is -4.08. The van der Waals surface area contributed by atoms with Crippen molar-refractivity contribution in [3.05, 3.63) is 40.2 Å². The minimum Gasteiger partial charge on any atom is -0.486 e. The van der Waals surface area contributed by atoms with E-state index in [1.165, 1.54) is 11.1 Å². The zero-order valence-corrected chi connectivity index (χ0v) is 21.9. The standard InChI is InChI=1S/C27H30N6O6/c1-32(26(35)22-6-4-8-38-22)13-17-9-16-5-3-7-33(25(16)30-21(17)14-34)27(36)31-24-20-10-19(15-37-2)39-23(20)18(11-28)12-29-24/h9,12,14,19,22H,3-8,10,13,15H2,1-2H3,(H,29,31,36)/t19-,22-/m1/s1. The summed E-state index contributed by atoms with van der Waals surface area (Å²) in [7, 11) is 3.25. The summed E-state index contributed by atoms with van der Waals surface area (Å²) in [6, 6.07) is 3.48. The van der Waals surface area contributed by atoms with Crippen molar-refractivity contribution in [2.45, 2.75) is 50.9 Å². The summed E-state index contributed by atoms with van der Waals surface area (Å²) >= 11 is 0. The smallest absolute Gasteiger partial charge is 0.328 e. The van der Waals surface area contributed by atoms with Crippen molar-refractivity contribution in [2.24, 2.45) is 0 Å². The maximum absolute atomic E-state index is 13.4. The lowest BCUT2D eigenvalue weighted by atomic mass is 10.0. The van der Waals surface area contributed by atoms with E-state index in [0.29, 0.717) is 80.2 Å². The normalized spacial score (nSPS) is 19.5. The molecule has 3 aliphatic rings. The van der Waals surface area contributed by atoms with Crippen LogP contribution in [-0.4, -0.2) is 79.2 Å². The van der Waals surface area contributed by atoms with Crippen LogP contribution >= 0.6 is 0 Å². The second kappa shape index (κ2) is 11.3. The van der Waals surface area contributed by atoms with Crippen LogP contribution in [0.2, 0.25) is 0 Å². The lowest BCUT2D eigenvalue weighted by Crippen LogP contribution is -2.40. The maximum atomic E-state index is 13.4. The van der Waals surface area contributed by atoms with Gasteiger partial charge in [0.15, 0.2) is 6.29 Å². The number of ether oxygens (including phenoxy) is 3. The number of fused-ring (bicyclic) bond motifs is 2. The molecule has 1 saturated heterocycles. The van der Waals surface area contributed by atoms with E-state index in [1.54, 1.807) is 19.1 Å². The first-order valence-corrected chi connectivity index (χ1v) is 12.9. The monoisotopic (exact) mass is 534 g/mol. The second-order valence-corrected chi connectivity index (χ2v) is 9.85. The van der Waals surface area contributed by atoms with Crippen LogP contribution in [0, 0.1) is 11.3 Å². The Labute approximate surface area is 225 Å². The van der Waals surface area contributed by atoms with Crippen molar-refractivity contribution in [1.82, 2.24) is 14.9 Å². The third-order valence-electron chi connectivity index (χ3n) is 7.16. The van der Waals surface area contributed by atoms with Crippen molar-refractivity contribution < 1.29 is 28.6 Å². The van der Waals surface area contributed by atoms with Crippen LogP contribution in [-0.2, 0) is 33.7 Å². The summed E-state index contributed by atoms with van der Waals surface area (Å²) in [5, 5.41) is 12.3. The number of carbonyl (C=O) groups excluding carboxylic acids is 3. The number of aromatic nitrogens is 2. The predicted octanol–water partition coefficient (Wildman–Crippen LogP) is 2.23. The average molecular weight is 535 g/mol. The van der Waals surface area contributed by atoms with Crippen molar-refractivity contribution in [3.8, 4) is 11.8 Å². The molecular formula is C27H30N6O6. The number of hydrogen-bond donors (Lipinski definition) is 1. The first kappa shape index (κ1) is 26.5. The molecule has 1 N–H and O–H groups in total. The number of aryl methyl sites for hydroxylation is 1. The van der Waals surface area contributed by atoms with Gasteiger partial charge in [0.2, 0.25) is 0 Å². The van der Waals surface area contributed by atoms with E-state index < -0.39 is 12.1 Å². The maximum Gasteiger partial charge on any atom is 0.328 e. The summed E-state index contributed by atoms with van der Waals surface area (Å²) in [5.41, 5.74) is 2.54. The van der Waals surface area contributed by atoms with E-state index in [-0.39, 0.29) is 29.8 Å². The van der Waals surface area contributed by atoms with Gasteiger partial charge < -0.3 is 19.1 Å². The first-order chi connectivity index (χ1) is 18.9. The minimum absolute atomic E-state index is 0.123. The van der Waals surface area contributed by atoms with Gasteiger partial charge in [0, 0.05) is 51.4 Å². The Kier molecular flexibility index (Phi) is 7.72. The van der Waals surface area contributed by atoms with Crippen molar-refractivity contribution in [2.75, 3.05) is 44.1 Å². The number of anilines is 2. The molecule has 0 bridgehead atoms. The van der Waals surface area contributed by atoms with Crippen molar-refractivity contribution >= 4 is 29.9 Å². The third-order valence-corrected chi connectivity index (χ3v) is 7.16. The molecule has 3 amide bonds. The number of pyridine rings is 2. The molecule has 0 saturated carbocycles. The number of hydrogen-bond acceptors (Lipinski definition) is 9. The second-order valence-electron chi connectivity index (χ2n) is 9.85. The van der Waals surface area contributed by atoms with Gasteiger partial charge in [0.05, 0.1) is 12.8 Å². The van der Waals surface area contributed by atoms with Crippen LogP contribution in [0.4, 0.5) is 16.4 Å². The molecule has 204 valence electrons. The highest BCUT2D eigenvalue weighted by molar-refractivity contribution is 6.02. The molecule has 2 atom stereocenters. The molecule has 0 unspecified atom stereocenters. The Bertz CT molecular complexity index is 1340. The molecule has 0 spiro atoms. The van der Waals surface area contributed by atoms with Crippen molar-refractivity contribution in [3.63, 3.8) is 0 Å². The number of carbonyl (C=O) groups is 3. The fourth-order valence-corrected chi connectivity index (χ4v) is 5.27. The Morgan fingerprint density at radius 2 is 2.23 bits per heavy atom. The Balaban J connectivity index is 1.37. The van der Waals surface area contributed by atoms with Crippen LogP contribution in [0.3, 0.4) is 0 Å². The Morgan fingerprint density at radius 1 is 1.38 bits per heavy atom. The number of rotatable bonds is 7. The fraction of sp³-hybridized carbons (Fsp3) is 0.481. The minimum atomic E-state index is -0.452. The number of nitrogens with zero attached hydrogens (tertiary/aromatic N) is 5. The van der Waals surface area contributed by atoms with E-state index in [9.17, 15) is 19.6 Å². The highest BCUT2D eigenvalue weighted by atomic mass is 16.5. The summed E-state index contributed by atoms with van der Waals surface area (Å²) < 4.78 is 16.6. The number of amides is 3. The summed E-state index contributed by atoms with van der Waals surface area (Å²) in [6.07, 6.45) is 4.64. The van der Waals surface area contributed by atoms with Gasteiger partial charge in [-0.25, -0.2) is 14.8 Å². The summed E-state index contributed by atoms with van der Waals surface area (Å²) in [4.78, 5) is 50.1. The fourth-order valence-electron chi connectivity index (χ4n) is 5.27. The van der Waals surface area contributed by atoms with Gasteiger partial charge in [-0.15, -0.1) is 0 Å². The molecule has 12 heteroatoms. The quantitative estimate of drug-likeness (QED) is 0.528. The molecule has 3 aliphatic heterocycles. The number of urea groups is 1. The number of nitriles is 1. The van der Waals surface area contributed by atoms with E-state index in [0.717, 1.165) is 12.0 Å². The lowest BCUT2D eigenvalue weighted by Gasteiger charge is -2.30. The molecule has 1 fully saturated rings. The zero-order chi connectivity index (χ0) is 27.5.